The fourth-order valence-electron chi connectivity index (χ4n) is 3.59. The number of piperidine rings is 1. The first-order chi connectivity index (χ1) is 6.90. The summed E-state index contributed by atoms with van der Waals surface area (Å²) < 4.78 is 0. The normalized spacial score (nSPS) is 40.8. The summed E-state index contributed by atoms with van der Waals surface area (Å²) in [4.78, 5) is 2.72. The lowest BCUT2D eigenvalue weighted by atomic mass is 9.84. The Morgan fingerprint density at radius 3 is 2.53 bits per heavy atom. The molecule has 2 aliphatic heterocycles. The second kappa shape index (κ2) is 3.74. The molecule has 2 heterocycles. The van der Waals surface area contributed by atoms with Gasteiger partial charge >= 0.3 is 0 Å². The third-order valence-electron chi connectivity index (χ3n) is 4.50. The van der Waals surface area contributed by atoms with Crippen LogP contribution in [0.2, 0.25) is 0 Å². The van der Waals surface area contributed by atoms with Crippen LogP contribution in [0, 0.1) is 11.8 Å². The number of hydrogen-bond acceptors (Lipinski definition) is 2. The quantitative estimate of drug-likeness (QED) is 0.719. The summed E-state index contributed by atoms with van der Waals surface area (Å²) in [5.41, 5.74) is 6.49. The molecule has 0 aromatic carbocycles. The molecule has 2 nitrogen and oxygen atoms in total. The van der Waals surface area contributed by atoms with Crippen molar-refractivity contribution >= 4 is 0 Å². The second-order valence-electron chi connectivity index (χ2n) is 6.56. The van der Waals surface area contributed by atoms with Crippen LogP contribution in [0.25, 0.3) is 0 Å². The molecule has 2 N–H and O–H groups in total. The molecule has 88 valence electrons. The molecule has 0 bridgehead atoms. The van der Waals surface area contributed by atoms with E-state index in [4.69, 9.17) is 5.73 Å². The van der Waals surface area contributed by atoms with Gasteiger partial charge < -0.3 is 5.73 Å². The summed E-state index contributed by atoms with van der Waals surface area (Å²) in [5, 5.41) is 0. The van der Waals surface area contributed by atoms with Crippen LogP contribution < -0.4 is 5.73 Å². The van der Waals surface area contributed by atoms with E-state index < -0.39 is 0 Å². The Hall–Kier alpha value is -0.0800. The SMILES string of the molecule is CC(C)C1CC2CC(N)CC(C)(C)N2C1. The van der Waals surface area contributed by atoms with Crippen molar-refractivity contribution in [2.24, 2.45) is 17.6 Å². The molecule has 0 aromatic rings. The van der Waals surface area contributed by atoms with Crippen molar-refractivity contribution < 1.29 is 0 Å². The fourth-order valence-corrected chi connectivity index (χ4v) is 3.59. The molecule has 0 amide bonds. The number of fused-ring (bicyclic) bond motifs is 1. The minimum Gasteiger partial charge on any atom is -0.328 e. The molecule has 0 aromatic heterocycles. The van der Waals surface area contributed by atoms with Crippen molar-refractivity contribution in [3.8, 4) is 0 Å². The molecule has 0 radical (unpaired) electrons. The third kappa shape index (κ3) is 2.07. The molecule has 3 atom stereocenters. The van der Waals surface area contributed by atoms with E-state index in [1.165, 1.54) is 19.4 Å². The molecule has 2 heteroatoms. The molecular formula is C13H26N2. The lowest BCUT2D eigenvalue weighted by Gasteiger charge is -2.46. The Kier molecular flexibility index (Phi) is 2.85. The van der Waals surface area contributed by atoms with Crippen LogP contribution in [0.5, 0.6) is 0 Å². The average molecular weight is 210 g/mol. The van der Waals surface area contributed by atoms with E-state index in [2.05, 4.69) is 32.6 Å². The van der Waals surface area contributed by atoms with Crippen LogP contribution in [0.1, 0.15) is 47.0 Å². The first-order valence-electron chi connectivity index (χ1n) is 6.42. The molecule has 2 rings (SSSR count). The van der Waals surface area contributed by atoms with E-state index in [-0.39, 0.29) is 0 Å². The molecule has 0 aliphatic carbocycles. The van der Waals surface area contributed by atoms with Gasteiger partial charge in [-0.3, -0.25) is 4.90 Å². The van der Waals surface area contributed by atoms with Crippen LogP contribution in [-0.2, 0) is 0 Å². The number of nitrogens with zero attached hydrogens (tertiary/aromatic N) is 1. The zero-order valence-electron chi connectivity index (χ0n) is 10.7. The van der Waals surface area contributed by atoms with Crippen LogP contribution in [0.4, 0.5) is 0 Å². The Morgan fingerprint density at radius 2 is 1.93 bits per heavy atom. The van der Waals surface area contributed by atoms with E-state index in [9.17, 15) is 0 Å². The highest BCUT2D eigenvalue weighted by atomic mass is 15.3. The molecule has 15 heavy (non-hydrogen) atoms. The minimum absolute atomic E-state index is 0.325. The van der Waals surface area contributed by atoms with Gasteiger partial charge in [-0.1, -0.05) is 13.8 Å². The number of nitrogens with two attached hydrogens (primary N) is 1. The average Bonchev–Trinajstić information content (AvgIpc) is 2.46. The van der Waals surface area contributed by atoms with Crippen molar-refractivity contribution in [1.29, 1.82) is 0 Å². The van der Waals surface area contributed by atoms with Crippen molar-refractivity contribution in [3.05, 3.63) is 0 Å². The Bertz CT molecular complexity index is 235. The predicted molar refractivity (Wildman–Crippen MR) is 64.7 cm³/mol. The van der Waals surface area contributed by atoms with E-state index in [0.29, 0.717) is 11.6 Å². The first-order valence-corrected chi connectivity index (χ1v) is 6.42. The Labute approximate surface area is 94.2 Å². The van der Waals surface area contributed by atoms with Crippen LogP contribution in [0.3, 0.4) is 0 Å². The van der Waals surface area contributed by atoms with Crippen LogP contribution in [0.15, 0.2) is 0 Å². The fraction of sp³-hybridized carbons (Fsp3) is 1.00. The monoisotopic (exact) mass is 210 g/mol. The van der Waals surface area contributed by atoms with Gasteiger partial charge in [0.1, 0.15) is 0 Å². The second-order valence-corrected chi connectivity index (χ2v) is 6.56. The van der Waals surface area contributed by atoms with Crippen LogP contribution >= 0.6 is 0 Å². The zero-order chi connectivity index (χ0) is 11.2. The Balaban J connectivity index is 2.11. The van der Waals surface area contributed by atoms with Gasteiger partial charge in [0, 0.05) is 24.2 Å². The van der Waals surface area contributed by atoms with Gasteiger partial charge in [0.25, 0.3) is 0 Å². The molecule has 3 unspecified atom stereocenters. The highest BCUT2D eigenvalue weighted by molar-refractivity contribution is 5.01. The summed E-state index contributed by atoms with van der Waals surface area (Å²) in [7, 11) is 0. The van der Waals surface area contributed by atoms with Crippen molar-refractivity contribution in [1.82, 2.24) is 4.90 Å². The third-order valence-corrected chi connectivity index (χ3v) is 4.50. The van der Waals surface area contributed by atoms with E-state index in [1.54, 1.807) is 0 Å². The molecule has 2 fully saturated rings. The van der Waals surface area contributed by atoms with Gasteiger partial charge in [0.15, 0.2) is 0 Å². The van der Waals surface area contributed by atoms with Gasteiger partial charge in [-0.2, -0.15) is 0 Å². The van der Waals surface area contributed by atoms with E-state index >= 15 is 0 Å². The summed E-state index contributed by atoms with van der Waals surface area (Å²) in [6.07, 6.45) is 3.75. The standard InChI is InChI=1S/C13H26N2/c1-9(2)10-5-12-6-11(14)7-13(3,4)15(12)8-10/h9-12H,5-8,14H2,1-4H3. The predicted octanol–water partition coefficient (Wildman–Crippen LogP) is 2.23. The highest BCUT2D eigenvalue weighted by Crippen LogP contribution is 2.41. The highest BCUT2D eigenvalue weighted by Gasteiger charge is 2.45. The van der Waals surface area contributed by atoms with Crippen molar-refractivity contribution in [3.63, 3.8) is 0 Å². The molecule has 0 spiro atoms. The summed E-state index contributed by atoms with van der Waals surface area (Å²) in [5.74, 6) is 1.71. The lowest BCUT2D eigenvalue weighted by Crippen LogP contribution is -2.55. The number of hydrogen-bond donors (Lipinski definition) is 1. The largest absolute Gasteiger partial charge is 0.328 e. The van der Waals surface area contributed by atoms with Crippen molar-refractivity contribution in [2.75, 3.05) is 6.54 Å². The molecular weight excluding hydrogens is 184 g/mol. The smallest absolute Gasteiger partial charge is 0.0171 e. The summed E-state index contributed by atoms with van der Waals surface area (Å²) >= 11 is 0. The van der Waals surface area contributed by atoms with Crippen molar-refractivity contribution in [2.45, 2.75) is 64.6 Å². The van der Waals surface area contributed by atoms with Gasteiger partial charge in [-0.15, -0.1) is 0 Å². The number of rotatable bonds is 1. The summed E-state index contributed by atoms with van der Waals surface area (Å²) in [6.45, 7) is 10.7. The maximum atomic E-state index is 6.16. The van der Waals surface area contributed by atoms with Crippen LogP contribution in [-0.4, -0.2) is 29.1 Å². The van der Waals surface area contributed by atoms with Gasteiger partial charge in [-0.25, -0.2) is 0 Å². The molecule has 0 saturated carbocycles. The van der Waals surface area contributed by atoms with Gasteiger partial charge in [0.2, 0.25) is 0 Å². The maximum absolute atomic E-state index is 6.16. The molecule has 2 aliphatic rings. The van der Waals surface area contributed by atoms with E-state index in [0.717, 1.165) is 24.3 Å². The zero-order valence-corrected chi connectivity index (χ0v) is 10.7. The Morgan fingerprint density at radius 1 is 1.27 bits per heavy atom. The maximum Gasteiger partial charge on any atom is 0.0171 e. The van der Waals surface area contributed by atoms with Gasteiger partial charge in [-0.05, 0) is 44.9 Å². The lowest BCUT2D eigenvalue weighted by molar-refractivity contribution is 0.0440. The molecule has 2 saturated heterocycles. The van der Waals surface area contributed by atoms with E-state index in [1.807, 2.05) is 0 Å². The summed E-state index contributed by atoms with van der Waals surface area (Å²) in [6, 6.07) is 1.18. The topological polar surface area (TPSA) is 29.3 Å². The van der Waals surface area contributed by atoms with Gasteiger partial charge in [0.05, 0.1) is 0 Å². The minimum atomic E-state index is 0.325. The first kappa shape index (κ1) is 11.4.